The fourth-order valence-electron chi connectivity index (χ4n) is 2.23. The van der Waals surface area contributed by atoms with Crippen molar-refractivity contribution in [1.29, 1.82) is 0 Å². The minimum Gasteiger partial charge on any atom is -0.459 e. The lowest BCUT2D eigenvalue weighted by atomic mass is 10.2. The first-order chi connectivity index (χ1) is 10.5. The highest BCUT2D eigenvalue weighted by molar-refractivity contribution is 6.31. The first kappa shape index (κ1) is 14.7. The van der Waals surface area contributed by atoms with Gasteiger partial charge in [-0.25, -0.2) is 0 Å². The Balaban J connectivity index is 1.78. The second kappa shape index (κ2) is 5.85. The first-order valence-electron chi connectivity index (χ1n) is 7.00. The molecule has 1 aromatic heterocycles. The molecule has 1 aromatic carbocycles. The Morgan fingerprint density at radius 2 is 2.00 bits per heavy atom. The van der Waals surface area contributed by atoms with Crippen molar-refractivity contribution in [3.63, 3.8) is 0 Å². The quantitative estimate of drug-likeness (QED) is 0.901. The Hall–Kier alpha value is -2.27. The molecule has 5 nitrogen and oxygen atoms in total. The zero-order valence-electron chi connectivity index (χ0n) is 11.9. The summed E-state index contributed by atoms with van der Waals surface area (Å²) in [7, 11) is 0. The van der Waals surface area contributed by atoms with Crippen molar-refractivity contribution < 1.29 is 14.0 Å². The largest absolute Gasteiger partial charge is 0.459 e. The standard InChI is InChI=1S/C16H15ClN2O3/c1-9-7-11(9)15(20)18-12-5-4-10(17)8-13(12)19-16(21)14-3-2-6-22-14/h2-6,8-9,11H,7H2,1H3,(H,18,20)(H,19,21)/t9-,11-/m0/s1. The van der Waals surface area contributed by atoms with E-state index in [1.165, 1.54) is 6.26 Å². The number of hydrogen-bond donors (Lipinski definition) is 2. The van der Waals surface area contributed by atoms with Gasteiger partial charge in [-0.2, -0.15) is 0 Å². The molecule has 2 aromatic rings. The van der Waals surface area contributed by atoms with Crippen LogP contribution in [0.3, 0.4) is 0 Å². The molecule has 2 atom stereocenters. The Labute approximate surface area is 132 Å². The minimum atomic E-state index is -0.400. The van der Waals surface area contributed by atoms with Crippen molar-refractivity contribution in [3.05, 3.63) is 47.4 Å². The summed E-state index contributed by atoms with van der Waals surface area (Å²) >= 11 is 5.97. The Morgan fingerprint density at radius 3 is 2.64 bits per heavy atom. The molecule has 22 heavy (non-hydrogen) atoms. The Morgan fingerprint density at radius 1 is 1.23 bits per heavy atom. The third-order valence-corrected chi connectivity index (χ3v) is 3.91. The molecule has 1 heterocycles. The van der Waals surface area contributed by atoms with Crippen molar-refractivity contribution in [2.75, 3.05) is 10.6 Å². The van der Waals surface area contributed by atoms with Crippen LogP contribution in [0.25, 0.3) is 0 Å². The van der Waals surface area contributed by atoms with Gasteiger partial charge in [0.15, 0.2) is 5.76 Å². The van der Waals surface area contributed by atoms with E-state index in [-0.39, 0.29) is 17.6 Å². The topological polar surface area (TPSA) is 71.3 Å². The minimum absolute atomic E-state index is 0.0386. The third-order valence-electron chi connectivity index (χ3n) is 3.68. The summed E-state index contributed by atoms with van der Waals surface area (Å²) < 4.78 is 5.05. The van der Waals surface area contributed by atoms with Crippen LogP contribution in [0.15, 0.2) is 41.0 Å². The number of hydrogen-bond acceptors (Lipinski definition) is 3. The van der Waals surface area contributed by atoms with Crippen LogP contribution in [0.2, 0.25) is 5.02 Å². The number of benzene rings is 1. The van der Waals surface area contributed by atoms with Crippen molar-refractivity contribution in [2.24, 2.45) is 11.8 Å². The molecule has 0 bridgehead atoms. The van der Waals surface area contributed by atoms with E-state index in [9.17, 15) is 9.59 Å². The van der Waals surface area contributed by atoms with Crippen LogP contribution in [-0.4, -0.2) is 11.8 Å². The number of carbonyl (C=O) groups is 2. The van der Waals surface area contributed by atoms with Crippen LogP contribution < -0.4 is 10.6 Å². The molecule has 0 radical (unpaired) electrons. The van der Waals surface area contributed by atoms with Crippen LogP contribution in [-0.2, 0) is 4.79 Å². The monoisotopic (exact) mass is 318 g/mol. The zero-order chi connectivity index (χ0) is 15.7. The van der Waals surface area contributed by atoms with E-state index in [1.54, 1.807) is 30.3 Å². The number of anilines is 2. The van der Waals surface area contributed by atoms with Gasteiger partial charge in [-0.3, -0.25) is 9.59 Å². The second-order valence-electron chi connectivity index (χ2n) is 5.43. The van der Waals surface area contributed by atoms with Crippen LogP contribution in [0.1, 0.15) is 23.9 Å². The van der Waals surface area contributed by atoms with E-state index in [1.807, 2.05) is 6.92 Å². The Kier molecular flexibility index (Phi) is 3.90. The number of rotatable bonds is 4. The molecular formula is C16H15ClN2O3. The fourth-order valence-corrected chi connectivity index (χ4v) is 2.41. The highest BCUT2D eigenvalue weighted by atomic mass is 35.5. The average Bonchev–Trinajstić information content (AvgIpc) is 3.00. The fraction of sp³-hybridized carbons (Fsp3) is 0.250. The number of furan rings is 1. The molecular weight excluding hydrogens is 304 g/mol. The van der Waals surface area contributed by atoms with Gasteiger partial charge < -0.3 is 15.1 Å². The molecule has 6 heteroatoms. The van der Waals surface area contributed by atoms with Gasteiger partial charge in [0.25, 0.3) is 5.91 Å². The van der Waals surface area contributed by atoms with Crippen molar-refractivity contribution in [3.8, 4) is 0 Å². The lowest BCUT2D eigenvalue weighted by Crippen LogP contribution is -2.18. The maximum atomic E-state index is 12.1. The maximum Gasteiger partial charge on any atom is 0.291 e. The first-order valence-corrected chi connectivity index (χ1v) is 7.37. The normalized spacial score (nSPS) is 19.5. The summed E-state index contributed by atoms with van der Waals surface area (Å²) in [5.41, 5.74) is 0.962. The van der Waals surface area contributed by atoms with Crippen molar-refractivity contribution in [1.82, 2.24) is 0 Å². The summed E-state index contributed by atoms with van der Waals surface area (Å²) in [5, 5.41) is 6.00. The number of carbonyl (C=O) groups excluding carboxylic acids is 2. The Bertz CT molecular complexity index is 712. The van der Waals surface area contributed by atoms with Gasteiger partial charge in [0.05, 0.1) is 17.6 Å². The number of halogens is 1. The van der Waals surface area contributed by atoms with Gasteiger partial charge in [-0.1, -0.05) is 18.5 Å². The van der Waals surface area contributed by atoms with Crippen LogP contribution >= 0.6 is 11.6 Å². The third kappa shape index (κ3) is 3.14. The smallest absolute Gasteiger partial charge is 0.291 e. The SMILES string of the molecule is C[C@H]1C[C@@H]1C(=O)Nc1ccc(Cl)cc1NC(=O)c1ccco1. The summed E-state index contributed by atoms with van der Waals surface area (Å²) in [6.07, 6.45) is 2.32. The predicted octanol–water partition coefficient (Wildman–Crippen LogP) is 3.78. The molecule has 0 aliphatic heterocycles. The van der Waals surface area contributed by atoms with E-state index < -0.39 is 5.91 Å². The number of amides is 2. The van der Waals surface area contributed by atoms with Crippen molar-refractivity contribution in [2.45, 2.75) is 13.3 Å². The van der Waals surface area contributed by atoms with E-state index in [4.69, 9.17) is 16.0 Å². The molecule has 1 saturated carbocycles. The molecule has 2 N–H and O–H groups in total. The molecule has 114 valence electrons. The molecule has 0 saturated heterocycles. The number of nitrogens with one attached hydrogen (secondary N) is 2. The average molecular weight is 319 g/mol. The van der Waals surface area contributed by atoms with Crippen LogP contribution in [0, 0.1) is 11.8 Å². The van der Waals surface area contributed by atoms with Gasteiger partial charge >= 0.3 is 0 Å². The lowest BCUT2D eigenvalue weighted by Gasteiger charge is -2.12. The molecule has 0 spiro atoms. The predicted molar refractivity (Wildman–Crippen MR) is 84.0 cm³/mol. The second-order valence-corrected chi connectivity index (χ2v) is 5.87. The molecule has 0 unspecified atom stereocenters. The van der Waals surface area contributed by atoms with Gasteiger partial charge in [-0.15, -0.1) is 0 Å². The maximum absolute atomic E-state index is 12.1. The van der Waals surface area contributed by atoms with E-state index in [0.29, 0.717) is 22.3 Å². The summed E-state index contributed by atoms with van der Waals surface area (Å²) in [6.45, 7) is 2.03. The van der Waals surface area contributed by atoms with Crippen LogP contribution in [0.5, 0.6) is 0 Å². The van der Waals surface area contributed by atoms with E-state index in [2.05, 4.69) is 10.6 Å². The van der Waals surface area contributed by atoms with Crippen molar-refractivity contribution >= 4 is 34.8 Å². The van der Waals surface area contributed by atoms with Gasteiger partial charge in [0, 0.05) is 10.9 Å². The highest BCUT2D eigenvalue weighted by Crippen LogP contribution is 2.39. The molecule has 1 fully saturated rings. The molecule has 1 aliphatic carbocycles. The van der Waals surface area contributed by atoms with Gasteiger partial charge in [-0.05, 0) is 42.7 Å². The van der Waals surface area contributed by atoms with Gasteiger partial charge in [0.2, 0.25) is 5.91 Å². The molecule has 1 aliphatic rings. The highest BCUT2D eigenvalue weighted by Gasteiger charge is 2.39. The van der Waals surface area contributed by atoms with E-state index >= 15 is 0 Å². The summed E-state index contributed by atoms with van der Waals surface area (Å²) in [4.78, 5) is 24.1. The summed E-state index contributed by atoms with van der Waals surface area (Å²) in [5.74, 6) is 0.205. The molecule has 3 rings (SSSR count). The summed E-state index contributed by atoms with van der Waals surface area (Å²) in [6, 6.07) is 8.11. The van der Waals surface area contributed by atoms with E-state index in [0.717, 1.165) is 6.42 Å². The van der Waals surface area contributed by atoms with Crippen LogP contribution in [0.4, 0.5) is 11.4 Å². The zero-order valence-corrected chi connectivity index (χ0v) is 12.7. The lowest BCUT2D eigenvalue weighted by molar-refractivity contribution is -0.117. The molecule has 2 amide bonds. The van der Waals surface area contributed by atoms with Gasteiger partial charge in [0.1, 0.15) is 0 Å².